The predicted molar refractivity (Wildman–Crippen MR) is 89.7 cm³/mol. The van der Waals surface area contributed by atoms with Gasteiger partial charge in [-0.1, -0.05) is 0 Å². The van der Waals surface area contributed by atoms with Crippen molar-refractivity contribution < 1.29 is 12.2 Å². The molecule has 0 saturated carbocycles. The Morgan fingerprint density at radius 3 is 1.70 bits per heavy atom. The number of halogens is 1. The van der Waals surface area contributed by atoms with Gasteiger partial charge in [-0.15, -0.1) is 0 Å². The Hall–Kier alpha value is -2.12. The molecule has 0 spiro atoms. The van der Waals surface area contributed by atoms with Crippen LogP contribution in [0.3, 0.4) is 0 Å². The van der Waals surface area contributed by atoms with E-state index in [4.69, 9.17) is 3.02 Å². The van der Waals surface area contributed by atoms with Crippen molar-refractivity contribution in [1.29, 1.82) is 0 Å². The summed E-state index contributed by atoms with van der Waals surface area (Å²) in [6.07, 6.45) is 0. The minimum atomic E-state index is -2.65. The predicted octanol–water partition coefficient (Wildman–Crippen LogP) is 2.79. The summed E-state index contributed by atoms with van der Waals surface area (Å²) in [6.45, 7) is 0. The normalized spacial score (nSPS) is 10.5. The molecule has 0 aliphatic heterocycles. The Labute approximate surface area is 142 Å². The van der Waals surface area contributed by atoms with Crippen molar-refractivity contribution in [2.45, 2.75) is 0 Å². The maximum absolute atomic E-state index is 13.0. The summed E-state index contributed by atoms with van der Waals surface area (Å²) in [5, 5.41) is 0. The Bertz CT molecular complexity index is 734. The molecule has 0 amide bonds. The van der Waals surface area contributed by atoms with Crippen LogP contribution in [0.15, 0.2) is 84.9 Å². The van der Waals surface area contributed by atoms with Gasteiger partial charge in [-0.2, -0.15) is 0 Å². The van der Waals surface area contributed by atoms with Gasteiger partial charge in [0, 0.05) is 0 Å². The average molecular weight is 415 g/mol. The second-order valence-electron chi connectivity index (χ2n) is 4.85. The van der Waals surface area contributed by atoms with Gasteiger partial charge in [-0.05, 0) is 0 Å². The van der Waals surface area contributed by atoms with Gasteiger partial charge < -0.3 is 0 Å². The molecule has 0 aliphatic rings. The van der Waals surface area contributed by atoms with Crippen molar-refractivity contribution in [3.05, 3.63) is 96.3 Å². The van der Waals surface area contributed by atoms with Gasteiger partial charge in [0.25, 0.3) is 0 Å². The Morgan fingerprint density at radius 2 is 1.22 bits per heavy atom. The van der Waals surface area contributed by atoms with E-state index in [1.165, 1.54) is 24.3 Å². The maximum atomic E-state index is 13.0. The van der Waals surface area contributed by atoms with Crippen molar-refractivity contribution >= 4 is 33.6 Å². The van der Waals surface area contributed by atoms with Crippen molar-refractivity contribution in [1.82, 2.24) is 0 Å². The monoisotopic (exact) mass is 414 g/mol. The molecule has 0 N–H and O–H groups in total. The first-order valence-electron chi connectivity index (χ1n) is 7.12. The molecule has 0 atom stereocenters. The molecule has 0 unspecified atom stereocenters. The summed E-state index contributed by atoms with van der Waals surface area (Å²) in [6, 6.07) is 25.1. The summed E-state index contributed by atoms with van der Waals surface area (Å²) in [4.78, 5) is 12.4. The van der Waals surface area contributed by atoms with Gasteiger partial charge in [0.2, 0.25) is 0 Å². The molecule has 3 aromatic rings. The van der Waals surface area contributed by atoms with E-state index in [0.29, 0.717) is 5.56 Å². The van der Waals surface area contributed by atoms with E-state index < -0.39 is 26.6 Å². The van der Waals surface area contributed by atoms with E-state index in [2.05, 4.69) is 0 Å². The zero-order valence-electron chi connectivity index (χ0n) is 12.2. The van der Waals surface area contributed by atoms with Crippen LogP contribution in [0.4, 0.5) is 4.39 Å². The first-order valence-corrected chi connectivity index (χ1v) is 10.7. The fourth-order valence-corrected chi connectivity index (χ4v) is 6.86. The van der Waals surface area contributed by atoms with E-state index in [9.17, 15) is 9.18 Å². The number of carbonyl (C=O) groups is 1. The fourth-order valence-electron chi connectivity index (χ4n) is 2.10. The third kappa shape index (κ3) is 4.00. The SMILES string of the molecule is O=C([O][Sb]([c]1ccccc1)[c]1ccccc1)c1ccc(F)cc1. The van der Waals surface area contributed by atoms with Crippen molar-refractivity contribution in [3.63, 3.8) is 0 Å². The summed E-state index contributed by atoms with van der Waals surface area (Å²) in [7, 11) is 0. The second-order valence-corrected chi connectivity index (χ2v) is 10.0. The van der Waals surface area contributed by atoms with Crippen LogP contribution in [0.5, 0.6) is 0 Å². The van der Waals surface area contributed by atoms with Crippen LogP contribution < -0.4 is 7.02 Å². The topological polar surface area (TPSA) is 26.3 Å². The van der Waals surface area contributed by atoms with Gasteiger partial charge in [0.15, 0.2) is 0 Å². The van der Waals surface area contributed by atoms with Gasteiger partial charge >= 0.3 is 142 Å². The van der Waals surface area contributed by atoms with Crippen molar-refractivity contribution in [2.75, 3.05) is 0 Å². The number of rotatable bonds is 4. The van der Waals surface area contributed by atoms with Crippen LogP contribution in [-0.2, 0) is 3.02 Å². The first kappa shape index (κ1) is 15.8. The summed E-state index contributed by atoms with van der Waals surface area (Å²) in [5.41, 5.74) is 0.368. The van der Waals surface area contributed by atoms with Crippen LogP contribution >= 0.6 is 0 Å². The Morgan fingerprint density at radius 1 is 0.739 bits per heavy atom. The molecule has 4 heteroatoms. The van der Waals surface area contributed by atoms with Crippen LogP contribution in [0.25, 0.3) is 0 Å². The molecule has 3 rings (SSSR count). The number of hydrogen-bond donors (Lipinski definition) is 0. The number of carbonyl (C=O) groups excluding carboxylic acids is 1. The molecular weight excluding hydrogens is 401 g/mol. The summed E-state index contributed by atoms with van der Waals surface area (Å²) >= 11 is -2.65. The molecular formula is C19H14FO2Sb. The molecule has 0 radical (unpaired) electrons. The first-order chi connectivity index (χ1) is 11.2. The molecule has 0 fully saturated rings. The third-order valence-corrected chi connectivity index (χ3v) is 8.61. The summed E-state index contributed by atoms with van der Waals surface area (Å²) < 4.78 is 21.0. The van der Waals surface area contributed by atoms with Gasteiger partial charge in [-0.25, -0.2) is 0 Å². The Balaban J connectivity index is 1.90. The standard InChI is InChI=1S/C7H5FO2.2C6H5.Sb/c8-6-3-1-5(2-4-6)7(9)10;2*1-2-4-6-5-3-1;/h1-4H,(H,9,10);2*1-5H;/q;;;+1/p-1. The molecule has 0 bridgehead atoms. The fraction of sp³-hybridized carbons (Fsp3) is 0. The van der Waals surface area contributed by atoms with Crippen LogP contribution in [-0.4, -0.2) is 26.6 Å². The molecule has 0 saturated heterocycles. The molecule has 2 nitrogen and oxygen atoms in total. The molecule has 0 aliphatic carbocycles. The Kier molecular flexibility index (Phi) is 5.09. The molecule has 23 heavy (non-hydrogen) atoms. The van der Waals surface area contributed by atoms with E-state index in [1.807, 2.05) is 60.7 Å². The quantitative estimate of drug-likeness (QED) is 0.613. The van der Waals surface area contributed by atoms with Crippen LogP contribution in [0.1, 0.15) is 10.4 Å². The van der Waals surface area contributed by atoms with E-state index in [0.717, 1.165) is 7.02 Å². The van der Waals surface area contributed by atoms with Gasteiger partial charge in [0.05, 0.1) is 0 Å². The molecule has 3 aromatic carbocycles. The number of hydrogen-bond acceptors (Lipinski definition) is 2. The molecule has 114 valence electrons. The second kappa shape index (κ2) is 7.43. The minimum absolute atomic E-state index is 0.368. The van der Waals surface area contributed by atoms with E-state index in [1.54, 1.807) is 0 Å². The van der Waals surface area contributed by atoms with Crippen LogP contribution in [0.2, 0.25) is 0 Å². The van der Waals surface area contributed by atoms with Crippen molar-refractivity contribution in [2.24, 2.45) is 0 Å². The van der Waals surface area contributed by atoms with Crippen molar-refractivity contribution in [3.8, 4) is 0 Å². The molecule has 0 heterocycles. The average Bonchev–Trinajstić information content (AvgIpc) is 2.61. The van der Waals surface area contributed by atoms with Gasteiger partial charge in [-0.3, -0.25) is 0 Å². The van der Waals surface area contributed by atoms with E-state index in [-0.39, 0.29) is 5.82 Å². The molecule has 0 aromatic heterocycles. The zero-order valence-corrected chi connectivity index (χ0v) is 14.8. The van der Waals surface area contributed by atoms with Crippen LogP contribution in [0, 0.1) is 5.82 Å². The number of benzene rings is 3. The zero-order chi connectivity index (χ0) is 16.1. The third-order valence-electron chi connectivity index (χ3n) is 3.24. The van der Waals surface area contributed by atoms with E-state index >= 15 is 0 Å². The summed E-state index contributed by atoms with van der Waals surface area (Å²) in [5.74, 6) is -0.772. The van der Waals surface area contributed by atoms with Gasteiger partial charge in [0.1, 0.15) is 0 Å².